The molecule has 0 bridgehead atoms. The molecule has 230 valence electrons. The average molecular weight is 627 g/mol. The second-order valence-corrected chi connectivity index (χ2v) is 12.7. The Kier molecular flexibility index (Phi) is 6.13. The van der Waals surface area contributed by atoms with Gasteiger partial charge in [-0.05, 0) is 95.2 Å². The molecular weight excluding hydrogens is 597 g/mol. The highest BCUT2D eigenvalue weighted by molar-refractivity contribution is 6.25. The molecule has 0 saturated heterocycles. The van der Waals surface area contributed by atoms with E-state index < -0.39 is 0 Å². The van der Waals surface area contributed by atoms with Gasteiger partial charge in [0.1, 0.15) is 16.9 Å². The number of methoxy groups -OCH3 is 1. The zero-order valence-corrected chi connectivity index (χ0v) is 26.9. The van der Waals surface area contributed by atoms with Gasteiger partial charge in [-0.25, -0.2) is 0 Å². The molecule has 1 aromatic heterocycles. The van der Waals surface area contributed by atoms with Crippen molar-refractivity contribution in [1.82, 2.24) is 0 Å². The van der Waals surface area contributed by atoms with Crippen molar-refractivity contribution in [2.45, 2.75) is 0 Å². The number of benzene rings is 9. The summed E-state index contributed by atoms with van der Waals surface area (Å²) >= 11 is 0. The van der Waals surface area contributed by atoms with Gasteiger partial charge >= 0.3 is 0 Å². The topological polar surface area (TPSA) is 22.4 Å². The maximum absolute atomic E-state index is 6.36. The SMILES string of the molecule is COc1cc(-c2c3ccccc3c(-c3ccccc3)c3ccccc23)c2ccccc2c1-c1ccc2oc3ccc4ccccc4c3c2c1. The van der Waals surface area contributed by atoms with Gasteiger partial charge in [-0.3, -0.25) is 0 Å². The first-order valence-electron chi connectivity index (χ1n) is 16.7. The van der Waals surface area contributed by atoms with Crippen LogP contribution >= 0.6 is 0 Å². The zero-order valence-electron chi connectivity index (χ0n) is 26.9. The molecule has 0 aliphatic carbocycles. The van der Waals surface area contributed by atoms with E-state index in [0.717, 1.165) is 49.8 Å². The van der Waals surface area contributed by atoms with Crippen molar-refractivity contribution >= 4 is 65.0 Å². The van der Waals surface area contributed by atoms with Gasteiger partial charge in [0.25, 0.3) is 0 Å². The Hall–Kier alpha value is -6.38. The summed E-state index contributed by atoms with van der Waals surface area (Å²) in [7, 11) is 1.78. The Balaban J connectivity index is 1.29. The first-order valence-corrected chi connectivity index (χ1v) is 16.7. The quantitative estimate of drug-likeness (QED) is 0.181. The highest BCUT2D eigenvalue weighted by Gasteiger charge is 2.22. The molecule has 0 unspecified atom stereocenters. The van der Waals surface area contributed by atoms with Crippen LogP contribution in [0.1, 0.15) is 0 Å². The number of hydrogen-bond acceptors (Lipinski definition) is 2. The lowest BCUT2D eigenvalue weighted by Gasteiger charge is -2.21. The lowest BCUT2D eigenvalue weighted by Crippen LogP contribution is -1.95. The molecule has 0 saturated carbocycles. The molecule has 0 atom stereocenters. The standard InChI is InChI=1S/C47H30O2/c1-48-43-28-39(46-37-21-11-9-19-35(37)44(30-14-3-2-4-15-30)36-20-10-12-22-38(36)46)33-17-7-8-18-34(33)45(43)31-24-25-41-40(27-31)47-32-16-6-5-13-29(32)23-26-42(47)49-41/h2-28H,1H3. The Bertz CT molecular complexity index is 2860. The van der Waals surface area contributed by atoms with Crippen LogP contribution < -0.4 is 4.74 Å². The summed E-state index contributed by atoms with van der Waals surface area (Å²) in [5, 5.41) is 11.9. The first-order chi connectivity index (χ1) is 24.3. The molecule has 0 fully saturated rings. The predicted molar refractivity (Wildman–Crippen MR) is 207 cm³/mol. The summed E-state index contributed by atoms with van der Waals surface area (Å²) in [5.74, 6) is 0.839. The van der Waals surface area contributed by atoms with Crippen LogP contribution in [-0.2, 0) is 0 Å². The minimum absolute atomic E-state index is 0.839. The number of hydrogen-bond donors (Lipinski definition) is 0. The molecule has 2 nitrogen and oxygen atoms in total. The van der Waals surface area contributed by atoms with Crippen LogP contribution in [0.3, 0.4) is 0 Å². The summed E-state index contributed by atoms with van der Waals surface area (Å²) in [6.45, 7) is 0. The van der Waals surface area contributed by atoms with Gasteiger partial charge in [-0.1, -0.05) is 140 Å². The molecular formula is C47H30O2. The normalized spacial score (nSPS) is 11.8. The molecule has 0 spiro atoms. The van der Waals surface area contributed by atoms with Gasteiger partial charge in [-0.15, -0.1) is 0 Å². The summed E-state index contributed by atoms with van der Waals surface area (Å²) in [6, 6.07) is 58.7. The van der Waals surface area contributed by atoms with Crippen LogP contribution in [0.2, 0.25) is 0 Å². The van der Waals surface area contributed by atoms with Gasteiger partial charge in [-0.2, -0.15) is 0 Å². The van der Waals surface area contributed by atoms with E-state index in [1.54, 1.807) is 7.11 Å². The smallest absolute Gasteiger partial charge is 0.136 e. The van der Waals surface area contributed by atoms with Crippen molar-refractivity contribution in [2.75, 3.05) is 7.11 Å². The summed E-state index contributed by atoms with van der Waals surface area (Å²) < 4.78 is 12.7. The lowest BCUT2D eigenvalue weighted by molar-refractivity contribution is 0.417. The fourth-order valence-electron chi connectivity index (χ4n) is 8.05. The maximum atomic E-state index is 6.36. The zero-order chi connectivity index (χ0) is 32.5. The van der Waals surface area contributed by atoms with E-state index in [1.807, 2.05) is 0 Å². The van der Waals surface area contributed by atoms with Crippen LogP contribution in [0, 0.1) is 0 Å². The van der Waals surface area contributed by atoms with Crippen molar-refractivity contribution in [2.24, 2.45) is 0 Å². The Labute approximate surface area is 283 Å². The molecule has 2 heteroatoms. The third-order valence-electron chi connectivity index (χ3n) is 10.1. The fraction of sp³-hybridized carbons (Fsp3) is 0.0213. The van der Waals surface area contributed by atoms with Crippen LogP contribution in [0.4, 0.5) is 0 Å². The maximum Gasteiger partial charge on any atom is 0.136 e. The van der Waals surface area contributed by atoms with Gasteiger partial charge < -0.3 is 9.15 Å². The Morgan fingerprint density at radius 3 is 1.61 bits per heavy atom. The number of fused-ring (bicyclic) bond motifs is 8. The van der Waals surface area contributed by atoms with Crippen molar-refractivity contribution in [1.29, 1.82) is 0 Å². The molecule has 49 heavy (non-hydrogen) atoms. The van der Waals surface area contributed by atoms with Gasteiger partial charge in [0.05, 0.1) is 7.11 Å². The highest BCUT2D eigenvalue weighted by Crippen LogP contribution is 2.49. The van der Waals surface area contributed by atoms with Crippen molar-refractivity contribution < 1.29 is 9.15 Å². The highest BCUT2D eigenvalue weighted by atomic mass is 16.5. The van der Waals surface area contributed by atoms with Crippen LogP contribution in [-0.4, -0.2) is 7.11 Å². The van der Waals surface area contributed by atoms with Crippen LogP contribution in [0.15, 0.2) is 168 Å². The summed E-state index contributed by atoms with van der Waals surface area (Å²) in [6.07, 6.45) is 0. The third kappa shape index (κ3) is 4.14. The van der Waals surface area contributed by atoms with Crippen LogP contribution in [0.25, 0.3) is 98.4 Å². The lowest BCUT2D eigenvalue weighted by atomic mass is 9.83. The van der Waals surface area contributed by atoms with E-state index >= 15 is 0 Å². The summed E-state index contributed by atoms with van der Waals surface area (Å²) in [5.41, 5.74) is 8.80. The van der Waals surface area contributed by atoms with Crippen LogP contribution in [0.5, 0.6) is 5.75 Å². The van der Waals surface area contributed by atoms with Gasteiger partial charge in [0, 0.05) is 16.3 Å². The second-order valence-electron chi connectivity index (χ2n) is 12.7. The van der Waals surface area contributed by atoms with E-state index in [1.165, 1.54) is 54.4 Å². The minimum Gasteiger partial charge on any atom is -0.496 e. The van der Waals surface area contributed by atoms with Crippen molar-refractivity contribution in [3.63, 3.8) is 0 Å². The monoisotopic (exact) mass is 626 g/mol. The van der Waals surface area contributed by atoms with Gasteiger partial charge in [0.15, 0.2) is 0 Å². The fourth-order valence-corrected chi connectivity index (χ4v) is 8.05. The number of furan rings is 1. The molecule has 0 aliphatic heterocycles. The molecule has 1 heterocycles. The molecule has 0 N–H and O–H groups in total. The molecule has 0 radical (unpaired) electrons. The summed E-state index contributed by atoms with van der Waals surface area (Å²) in [4.78, 5) is 0. The number of ether oxygens (including phenoxy) is 1. The van der Waals surface area contributed by atoms with Crippen molar-refractivity contribution in [3.8, 4) is 39.1 Å². The van der Waals surface area contributed by atoms with E-state index in [-0.39, 0.29) is 0 Å². The first kappa shape index (κ1) is 27.7. The third-order valence-corrected chi connectivity index (χ3v) is 10.1. The van der Waals surface area contributed by atoms with E-state index in [4.69, 9.17) is 9.15 Å². The Morgan fingerprint density at radius 1 is 0.388 bits per heavy atom. The molecule has 0 amide bonds. The van der Waals surface area contributed by atoms with Crippen molar-refractivity contribution in [3.05, 3.63) is 164 Å². The second kappa shape index (κ2) is 10.8. The molecule has 9 aromatic carbocycles. The average Bonchev–Trinajstić information content (AvgIpc) is 3.55. The molecule has 0 aliphatic rings. The largest absolute Gasteiger partial charge is 0.496 e. The molecule has 10 rings (SSSR count). The Morgan fingerprint density at radius 2 is 0.939 bits per heavy atom. The predicted octanol–water partition coefficient (Wildman–Crippen LogP) is 13.2. The van der Waals surface area contributed by atoms with E-state index in [2.05, 4.69) is 164 Å². The number of rotatable bonds is 4. The molecule has 10 aromatic rings. The van der Waals surface area contributed by atoms with E-state index in [0.29, 0.717) is 0 Å². The van der Waals surface area contributed by atoms with E-state index in [9.17, 15) is 0 Å². The van der Waals surface area contributed by atoms with Gasteiger partial charge in [0.2, 0.25) is 0 Å². The minimum atomic E-state index is 0.839.